The smallest absolute Gasteiger partial charge is 0.0702 e. The summed E-state index contributed by atoms with van der Waals surface area (Å²) in [5.41, 5.74) is 2.13. The molecule has 1 heterocycles. The summed E-state index contributed by atoms with van der Waals surface area (Å²) in [5, 5.41) is 10.4. The van der Waals surface area contributed by atoms with Gasteiger partial charge in [-0.05, 0) is 24.1 Å². The van der Waals surface area contributed by atoms with Gasteiger partial charge in [0.2, 0.25) is 0 Å². The molecule has 0 saturated carbocycles. The number of hydrogen-bond acceptors (Lipinski definition) is 2. The summed E-state index contributed by atoms with van der Waals surface area (Å²) in [5.74, 6) is 0.210. The fourth-order valence-electron chi connectivity index (χ4n) is 1.78. The van der Waals surface area contributed by atoms with Crippen molar-refractivity contribution in [2.75, 3.05) is 6.61 Å². The molecule has 0 aliphatic heterocycles. The van der Waals surface area contributed by atoms with Crippen LogP contribution in [0.5, 0.6) is 0 Å². The molecule has 0 fully saturated rings. The van der Waals surface area contributed by atoms with E-state index in [-0.39, 0.29) is 12.5 Å². The highest BCUT2D eigenvalue weighted by Gasteiger charge is 2.08. The molecule has 2 heteroatoms. The second-order valence-corrected chi connectivity index (χ2v) is 3.75. The van der Waals surface area contributed by atoms with E-state index in [0.717, 1.165) is 22.9 Å². The maximum Gasteiger partial charge on any atom is 0.0702 e. The van der Waals surface area contributed by atoms with E-state index in [0.29, 0.717) is 0 Å². The summed E-state index contributed by atoms with van der Waals surface area (Å²) in [6, 6.07) is 10.2. The Morgan fingerprint density at radius 3 is 2.87 bits per heavy atom. The molecule has 0 saturated heterocycles. The van der Waals surface area contributed by atoms with Crippen molar-refractivity contribution in [3.63, 3.8) is 0 Å². The third-order valence-corrected chi connectivity index (χ3v) is 2.80. The Balaban J connectivity index is 2.46. The highest BCUT2D eigenvalue weighted by molar-refractivity contribution is 5.78. The van der Waals surface area contributed by atoms with Crippen molar-refractivity contribution in [1.82, 2.24) is 4.98 Å². The van der Waals surface area contributed by atoms with Gasteiger partial charge in [0.1, 0.15) is 0 Å². The molecule has 0 aliphatic rings. The molecule has 2 aromatic rings. The molecule has 0 amide bonds. The van der Waals surface area contributed by atoms with E-state index in [1.54, 1.807) is 0 Å². The van der Waals surface area contributed by atoms with E-state index in [4.69, 9.17) is 0 Å². The Bertz CT molecular complexity index is 449. The van der Waals surface area contributed by atoms with Crippen LogP contribution in [0.3, 0.4) is 0 Å². The summed E-state index contributed by atoms with van der Waals surface area (Å²) in [6.07, 6.45) is 2.81. The number of rotatable bonds is 3. The molecule has 0 spiro atoms. The summed E-state index contributed by atoms with van der Waals surface area (Å²) in [7, 11) is 0. The number of aromatic nitrogens is 1. The van der Waals surface area contributed by atoms with Crippen molar-refractivity contribution in [2.45, 2.75) is 19.3 Å². The molecule has 0 aliphatic carbocycles. The van der Waals surface area contributed by atoms with Gasteiger partial charge in [-0.25, -0.2) is 0 Å². The zero-order valence-electron chi connectivity index (χ0n) is 8.85. The van der Waals surface area contributed by atoms with Crippen LogP contribution in [-0.2, 0) is 0 Å². The van der Waals surface area contributed by atoms with Crippen molar-refractivity contribution in [2.24, 2.45) is 0 Å². The topological polar surface area (TPSA) is 33.1 Å². The third-order valence-electron chi connectivity index (χ3n) is 2.80. The molecule has 1 atom stereocenters. The number of nitrogens with zero attached hydrogens (tertiary/aromatic N) is 1. The zero-order chi connectivity index (χ0) is 10.7. The van der Waals surface area contributed by atoms with E-state index < -0.39 is 0 Å². The standard InChI is InChI=1S/C13H15NO/c1-2-10(9-15)12-7-11-5-3-4-6-13(11)14-8-12/h3-8,10,15H,2,9H2,1H3. The van der Waals surface area contributed by atoms with E-state index >= 15 is 0 Å². The summed E-state index contributed by atoms with van der Waals surface area (Å²) >= 11 is 0. The van der Waals surface area contributed by atoms with E-state index in [2.05, 4.69) is 24.0 Å². The largest absolute Gasteiger partial charge is 0.396 e. The summed E-state index contributed by atoms with van der Waals surface area (Å²) in [6.45, 7) is 2.27. The van der Waals surface area contributed by atoms with Gasteiger partial charge in [0.25, 0.3) is 0 Å². The van der Waals surface area contributed by atoms with Crippen molar-refractivity contribution < 1.29 is 5.11 Å². The van der Waals surface area contributed by atoms with Crippen LogP contribution in [0.2, 0.25) is 0 Å². The molecule has 1 aromatic heterocycles. The van der Waals surface area contributed by atoms with E-state index in [1.807, 2.05) is 24.4 Å². The monoisotopic (exact) mass is 201 g/mol. The number of benzene rings is 1. The average Bonchev–Trinajstić information content (AvgIpc) is 2.30. The Morgan fingerprint density at radius 2 is 2.13 bits per heavy atom. The van der Waals surface area contributed by atoms with Crippen LogP contribution in [-0.4, -0.2) is 16.7 Å². The van der Waals surface area contributed by atoms with Crippen LogP contribution >= 0.6 is 0 Å². The van der Waals surface area contributed by atoms with Crippen LogP contribution < -0.4 is 0 Å². The molecule has 2 rings (SSSR count). The Labute approximate surface area is 89.6 Å². The summed E-state index contributed by atoms with van der Waals surface area (Å²) < 4.78 is 0. The summed E-state index contributed by atoms with van der Waals surface area (Å²) in [4.78, 5) is 4.39. The van der Waals surface area contributed by atoms with Crippen molar-refractivity contribution in [1.29, 1.82) is 0 Å². The lowest BCUT2D eigenvalue weighted by molar-refractivity contribution is 0.262. The third kappa shape index (κ3) is 2.00. The number of pyridine rings is 1. The molecule has 1 unspecified atom stereocenters. The Kier molecular flexibility index (Phi) is 2.97. The Morgan fingerprint density at radius 1 is 1.33 bits per heavy atom. The van der Waals surface area contributed by atoms with Gasteiger partial charge in [-0.1, -0.05) is 25.1 Å². The van der Waals surface area contributed by atoms with Gasteiger partial charge >= 0.3 is 0 Å². The molecule has 2 nitrogen and oxygen atoms in total. The zero-order valence-corrected chi connectivity index (χ0v) is 8.85. The first-order valence-corrected chi connectivity index (χ1v) is 5.30. The second-order valence-electron chi connectivity index (χ2n) is 3.75. The number of aliphatic hydroxyl groups is 1. The van der Waals surface area contributed by atoms with E-state index in [1.165, 1.54) is 0 Å². The van der Waals surface area contributed by atoms with Crippen molar-refractivity contribution in [3.8, 4) is 0 Å². The minimum Gasteiger partial charge on any atom is -0.396 e. The molecular weight excluding hydrogens is 186 g/mol. The van der Waals surface area contributed by atoms with Crippen molar-refractivity contribution >= 4 is 10.9 Å². The number of para-hydroxylation sites is 1. The molecular formula is C13H15NO. The molecule has 1 N–H and O–H groups in total. The number of hydrogen-bond donors (Lipinski definition) is 1. The minimum atomic E-state index is 0.191. The van der Waals surface area contributed by atoms with Crippen LogP contribution in [0.4, 0.5) is 0 Å². The first kappa shape index (κ1) is 10.1. The van der Waals surface area contributed by atoms with Crippen LogP contribution in [0.1, 0.15) is 24.8 Å². The lowest BCUT2D eigenvalue weighted by Gasteiger charge is -2.11. The maximum atomic E-state index is 9.22. The average molecular weight is 201 g/mol. The van der Waals surface area contributed by atoms with Gasteiger partial charge in [-0.15, -0.1) is 0 Å². The van der Waals surface area contributed by atoms with E-state index in [9.17, 15) is 5.11 Å². The van der Waals surface area contributed by atoms with Gasteiger partial charge in [0.05, 0.1) is 5.52 Å². The first-order valence-electron chi connectivity index (χ1n) is 5.30. The minimum absolute atomic E-state index is 0.191. The molecule has 78 valence electrons. The fraction of sp³-hybridized carbons (Fsp3) is 0.308. The normalized spacial score (nSPS) is 12.9. The highest BCUT2D eigenvalue weighted by atomic mass is 16.3. The SMILES string of the molecule is CCC(CO)c1cnc2ccccc2c1. The second kappa shape index (κ2) is 4.41. The molecule has 0 bridgehead atoms. The number of aliphatic hydroxyl groups excluding tert-OH is 1. The lowest BCUT2D eigenvalue weighted by atomic mass is 9.98. The van der Waals surface area contributed by atoms with Crippen LogP contribution in [0, 0.1) is 0 Å². The van der Waals surface area contributed by atoms with Gasteiger partial charge in [-0.2, -0.15) is 0 Å². The predicted octanol–water partition coefficient (Wildman–Crippen LogP) is 2.72. The highest BCUT2D eigenvalue weighted by Crippen LogP contribution is 2.21. The van der Waals surface area contributed by atoms with Crippen LogP contribution in [0.25, 0.3) is 10.9 Å². The predicted molar refractivity (Wildman–Crippen MR) is 61.9 cm³/mol. The quantitative estimate of drug-likeness (QED) is 0.828. The first-order chi connectivity index (χ1) is 7.35. The van der Waals surface area contributed by atoms with Gasteiger partial charge in [0, 0.05) is 24.1 Å². The maximum absolute atomic E-state index is 9.22. The number of fused-ring (bicyclic) bond motifs is 1. The van der Waals surface area contributed by atoms with Crippen LogP contribution in [0.15, 0.2) is 36.5 Å². The van der Waals surface area contributed by atoms with Gasteiger partial charge in [-0.3, -0.25) is 4.98 Å². The van der Waals surface area contributed by atoms with Gasteiger partial charge in [0.15, 0.2) is 0 Å². The molecule has 15 heavy (non-hydrogen) atoms. The Hall–Kier alpha value is -1.41. The molecule has 1 aromatic carbocycles. The lowest BCUT2D eigenvalue weighted by Crippen LogP contribution is -2.02. The molecule has 0 radical (unpaired) electrons. The van der Waals surface area contributed by atoms with Crippen molar-refractivity contribution in [3.05, 3.63) is 42.1 Å². The van der Waals surface area contributed by atoms with Gasteiger partial charge < -0.3 is 5.11 Å². The fourth-order valence-corrected chi connectivity index (χ4v) is 1.78.